The smallest absolute Gasteiger partial charge is 0.0912 e. The topological polar surface area (TPSA) is 23.8 Å². The maximum absolute atomic E-state index is 8.37. The first-order valence-electron chi connectivity index (χ1n) is 3.93. The van der Waals surface area contributed by atoms with Crippen molar-refractivity contribution in [1.29, 1.82) is 5.26 Å². The Labute approximate surface area is 80.6 Å². The molecule has 0 atom stereocenters. The quantitative estimate of drug-likeness (QED) is 0.624. The lowest BCUT2D eigenvalue weighted by Crippen LogP contribution is -1.69. The van der Waals surface area contributed by atoms with E-state index in [1.807, 2.05) is 18.2 Å². The van der Waals surface area contributed by atoms with Gasteiger partial charge in [-0.25, -0.2) is 0 Å². The molecule has 0 amide bonds. The molecule has 0 N–H and O–H groups in total. The molecule has 1 heterocycles. The summed E-state index contributed by atoms with van der Waals surface area (Å²) in [6.45, 7) is 0. The number of nitrogens with zero attached hydrogens (tertiary/aromatic N) is 1. The van der Waals surface area contributed by atoms with Crippen LogP contribution in [0.3, 0.4) is 0 Å². The lowest BCUT2D eigenvalue weighted by atomic mass is 10.1. The van der Waals surface area contributed by atoms with Gasteiger partial charge in [0.15, 0.2) is 0 Å². The molecular formula is C11H7NS. The zero-order chi connectivity index (χ0) is 9.10. The van der Waals surface area contributed by atoms with Crippen LogP contribution in [0.2, 0.25) is 0 Å². The summed E-state index contributed by atoms with van der Waals surface area (Å²) in [6.07, 6.45) is 3.31. The third-order valence-electron chi connectivity index (χ3n) is 1.83. The Morgan fingerprint density at radius 1 is 1.31 bits per heavy atom. The molecular weight excluding hydrogens is 178 g/mol. The summed E-state index contributed by atoms with van der Waals surface area (Å²) in [4.78, 5) is 0. The van der Waals surface area contributed by atoms with Crippen molar-refractivity contribution in [2.45, 2.75) is 0 Å². The Morgan fingerprint density at radius 3 is 3.08 bits per heavy atom. The van der Waals surface area contributed by atoms with E-state index in [1.165, 1.54) is 16.2 Å². The maximum Gasteiger partial charge on any atom is 0.0912 e. The molecule has 13 heavy (non-hydrogen) atoms. The van der Waals surface area contributed by atoms with Crippen LogP contribution in [0.1, 0.15) is 5.56 Å². The van der Waals surface area contributed by atoms with Crippen molar-refractivity contribution < 1.29 is 0 Å². The first kappa shape index (κ1) is 8.03. The third kappa shape index (κ3) is 1.61. The molecule has 0 saturated heterocycles. The van der Waals surface area contributed by atoms with Crippen LogP contribution in [0.25, 0.3) is 16.2 Å². The van der Waals surface area contributed by atoms with E-state index in [0.29, 0.717) is 0 Å². The van der Waals surface area contributed by atoms with Crippen molar-refractivity contribution in [1.82, 2.24) is 0 Å². The minimum atomic E-state index is 1.08. The van der Waals surface area contributed by atoms with Crippen LogP contribution in [-0.4, -0.2) is 0 Å². The molecule has 0 bridgehead atoms. The normalized spacial score (nSPS) is 10.7. The van der Waals surface area contributed by atoms with Gasteiger partial charge < -0.3 is 0 Å². The molecule has 1 aromatic carbocycles. The summed E-state index contributed by atoms with van der Waals surface area (Å²) in [7, 11) is 0. The predicted octanol–water partition coefficient (Wildman–Crippen LogP) is 3.44. The summed E-state index contributed by atoms with van der Waals surface area (Å²) < 4.78 is 1.29. The Balaban J connectivity index is 2.49. The molecule has 1 aromatic heterocycles. The fourth-order valence-electron chi connectivity index (χ4n) is 1.22. The van der Waals surface area contributed by atoms with Crippen LogP contribution in [0.15, 0.2) is 35.7 Å². The second-order valence-electron chi connectivity index (χ2n) is 2.68. The van der Waals surface area contributed by atoms with Crippen molar-refractivity contribution >= 4 is 27.5 Å². The van der Waals surface area contributed by atoms with Crippen LogP contribution in [0.4, 0.5) is 0 Å². The van der Waals surface area contributed by atoms with Gasteiger partial charge in [0.05, 0.1) is 6.07 Å². The van der Waals surface area contributed by atoms with Crippen molar-refractivity contribution in [3.8, 4) is 6.07 Å². The zero-order valence-corrected chi connectivity index (χ0v) is 7.71. The molecule has 0 aliphatic rings. The molecule has 0 aliphatic heterocycles. The van der Waals surface area contributed by atoms with Gasteiger partial charge in [-0.1, -0.05) is 6.07 Å². The summed E-state index contributed by atoms with van der Waals surface area (Å²) in [6, 6.07) is 10.3. The number of fused-ring (bicyclic) bond motifs is 1. The maximum atomic E-state index is 8.37. The van der Waals surface area contributed by atoms with E-state index >= 15 is 0 Å². The van der Waals surface area contributed by atoms with Gasteiger partial charge in [-0.3, -0.25) is 0 Å². The Morgan fingerprint density at radius 2 is 2.23 bits per heavy atom. The van der Waals surface area contributed by atoms with E-state index in [9.17, 15) is 0 Å². The number of benzene rings is 1. The van der Waals surface area contributed by atoms with Crippen molar-refractivity contribution in [2.75, 3.05) is 0 Å². The number of nitriles is 1. The Kier molecular flexibility index (Phi) is 2.11. The highest BCUT2D eigenvalue weighted by molar-refractivity contribution is 7.17. The largest absolute Gasteiger partial charge is 0.193 e. The first-order chi connectivity index (χ1) is 6.40. The number of allylic oxidation sites excluding steroid dienone is 1. The first-order valence-corrected chi connectivity index (χ1v) is 4.81. The van der Waals surface area contributed by atoms with Crippen molar-refractivity contribution in [3.63, 3.8) is 0 Å². The zero-order valence-electron chi connectivity index (χ0n) is 6.90. The van der Waals surface area contributed by atoms with Crippen molar-refractivity contribution in [3.05, 3.63) is 41.3 Å². The molecule has 1 nitrogen and oxygen atoms in total. The lowest BCUT2D eigenvalue weighted by Gasteiger charge is -1.92. The molecule has 0 fully saturated rings. The van der Waals surface area contributed by atoms with Crippen LogP contribution >= 0.6 is 11.3 Å². The van der Waals surface area contributed by atoms with Crippen LogP contribution < -0.4 is 0 Å². The molecule has 0 spiro atoms. The number of hydrogen-bond acceptors (Lipinski definition) is 2. The molecule has 0 radical (unpaired) electrons. The van der Waals surface area contributed by atoms with Crippen LogP contribution in [0.5, 0.6) is 0 Å². The van der Waals surface area contributed by atoms with Gasteiger partial charge in [0.25, 0.3) is 0 Å². The standard InChI is InChI=1S/C11H7NS/c12-6-1-2-9-3-4-11-10(8-9)5-7-13-11/h1-5,7-8H/b2-1+. The highest BCUT2D eigenvalue weighted by atomic mass is 32.1. The average Bonchev–Trinajstić information content (AvgIpc) is 2.61. The summed E-state index contributed by atoms with van der Waals surface area (Å²) in [5.74, 6) is 0. The number of hydrogen-bond donors (Lipinski definition) is 0. The molecule has 62 valence electrons. The van der Waals surface area contributed by atoms with Gasteiger partial charge in [-0.2, -0.15) is 5.26 Å². The van der Waals surface area contributed by atoms with E-state index in [4.69, 9.17) is 5.26 Å². The minimum Gasteiger partial charge on any atom is -0.193 e. The molecule has 0 aliphatic carbocycles. The second kappa shape index (κ2) is 3.42. The fourth-order valence-corrected chi connectivity index (χ4v) is 1.99. The third-order valence-corrected chi connectivity index (χ3v) is 2.72. The van der Waals surface area contributed by atoms with E-state index in [2.05, 4.69) is 23.6 Å². The Hall–Kier alpha value is -1.59. The van der Waals surface area contributed by atoms with E-state index in [-0.39, 0.29) is 0 Å². The van der Waals surface area contributed by atoms with E-state index < -0.39 is 0 Å². The van der Waals surface area contributed by atoms with Crippen molar-refractivity contribution in [2.24, 2.45) is 0 Å². The average molecular weight is 185 g/mol. The van der Waals surface area contributed by atoms with E-state index in [0.717, 1.165) is 5.56 Å². The molecule has 0 unspecified atom stereocenters. The van der Waals surface area contributed by atoms with E-state index in [1.54, 1.807) is 11.3 Å². The Bertz CT molecular complexity index is 488. The van der Waals surface area contributed by atoms with Crippen LogP contribution in [0, 0.1) is 11.3 Å². The number of thiophene rings is 1. The lowest BCUT2D eigenvalue weighted by molar-refractivity contribution is 1.54. The van der Waals surface area contributed by atoms with Gasteiger partial charge >= 0.3 is 0 Å². The molecule has 2 heteroatoms. The second-order valence-corrected chi connectivity index (χ2v) is 3.63. The highest BCUT2D eigenvalue weighted by Gasteiger charge is 1.93. The monoisotopic (exact) mass is 185 g/mol. The highest BCUT2D eigenvalue weighted by Crippen LogP contribution is 2.22. The summed E-state index contributed by atoms with van der Waals surface area (Å²) in [5, 5.41) is 11.7. The molecule has 2 aromatic rings. The number of rotatable bonds is 1. The summed E-state index contributed by atoms with van der Waals surface area (Å²) >= 11 is 1.73. The minimum absolute atomic E-state index is 1.08. The van der Waals surface area contributed by atoms with Crippen LogP contribution in [-0.2, 0) is 0 Å². The molecule has 0 saturated carbocycles. The van der Waals surface area contributed by atoms with Gasteiger partial charge in [0.1, 0.15) is 0 Å². The SMILES string of the molecule is N#C/C=C/c1ccc2sccc2c1. The predicted molar refractivity (Wildman–Crippen MR) is 56.5 cm³/mol. The summed E-state index contributed by atoms with van der Waals surface area (Å²) in [5.41, 5.74) is 1.08. The van der Waals surface area contributed by atoms with Gasteiger partial charge in [0.2, 0.25) is 0 Å². The van der Waals surface area contributed by atoms with Gasteiger partial charge in [-0.05, 0) is 40.6 Å². The van der Waals surface area contributed by atoms with Gasteiger partial charge in [-0.15, -0.1) is 11.3 Å². The van der Waals surface area contributed by atoms with Gasteiger partial charge in [0, 0.05) is 10.8 Å². The molecule has 2 rings (SSSR count). The fraction of sp³-hybridized carbons (Fsp3) is 0.